The predicted molar refractivity (Wildman–Crippen MR) is 117 cm³/mol. The van der Waals surface area contributed by atoms with Crippen LogP contribution in [0.3, 0.4) is 0 Å². The standard InChI is InChI=1S/C22H22BrN3O4/c1-15(27)16-2-5-18(6-3-16)24-8-10-25(11-9-24)21(28)13-26-19-7-4-17(23)12-20(19)30-14-22(26)29/h2-7,12H,8-11,13-14H2,1H3. The van der Waals surface area contributed by atoms with Crippen molar-refractivity contribution >= 4 is 44.9 Å². The Morgan fingerprint density at radius 1 is 1.03 bits per heavy atom. The second-order valence-electron chi connectivity index (χ2n) is 7.35. The summed E-state index contributed by atoms with van der Waals surface area (Å²) in [6.07, 6.45) is 0. The highest BCUT2D eigenvalue weighted by Crippen LogP contribution is 2.34. The molecule has 8 heteroatoms. The van der Waals surface area contributed by atoms with Crippen molar-refractivity contribution in [2.45, 2.75) is 6.92 Å². The molecule has 0 saturated carbocycles. The van der Waals surface area contributed by atoms with Crippen LogP contribution in [0.25, 0.3) is 0 Å². The number of piperazine rings is 1. The number of ketones is 1. The van der Waals surface area contributed by atoms with E-state index in [0.717, 1.165) is 10.2 Å². The highest BCUT2D eigenvalue weighted by atomic mass is 79.9. The number of hydrogen-bond acceptors (Lipinski definition) is 5. The topological polar surface area (TPSA) is 70.2 Å². The minimum atomic E-state index is -0.220. The molecule has 4 rings (SSSR count). The molecule has 0 radical (unpaired) electrons. The van der Waals surface area contributed by atoms with E-state index in [1.165, 1.54) is 4.90 Å². The Morgan fingerprint density at radius 2 is 1.73 bits per heavy atom. The highest BCUT2D eigenvalue weighted by molar-refractivity contribution is 9.10. The SMILES string of the molecule is CC(=O)c1ccc(N2CCN(C(=O)CN3C(=O)COc4cc(Br)ccc43)CC2)cc1. The molecule has 0 aliphatic carbocycles. The van der Waals surface area contributed by atoms with Gasteiger partial charge in [-0.15, -0.1) is 0 Å². The number of anilines is 2. The number of Topliss-reactive ketones (excluding diaryl/α,β-unsaturated/α-hetero) is 1. The molecule has 1 saturated heterocycles. The van der Waals surface area contributed by atoms with Gasteiger partial charge in [0.15, 0.2) is 12.4 Å². The zero-order chi connectivity index (χ0) is 21.3. The monoisotopic (exact) mass is 471 g/mol. The van der Waals surface area contributed by atoms with Crippen LogP contribution in [0.2, 0.25) is 0 Å². The number of amides is 2. The summed E-state index contributed by atoms with van der Waals surface area (Å²) in [5.74, 6) is 0.340. The van der Waals surface area contributed by atoms with Gasteiger partial charge in [0.25, 0.3) is 5.91 Å². The van der Waals surface area contributed by atoms with Crippen LogP contribution in [-0.4, -0.2) is 61.8 Å². The summed E-state index contributed by atoms with van der Waals surface area (Å²) in [5.41, 5.74) is 2.34. The lowest BCUT2D eigenvalue weighted by molar-refractivity contribution is -0.132. The second kappa shape index (κ2) is 8.47. The van der Waals surface area contributed by atoms with Gasteiger partial charge >= 0.3 is 0 Å². The summed E-state index contributed by atoms with van der Waals surface area (Å²) < 4.78 is 6.34. The van der Waals surface area contributed by atoms with Crippen molar-refractivity contribution in [3.05, 3.63) is 52.5 Å². The fraction of sp³-hybridized carbons (Fsp3) is 0.318. The number of nitrogens with zero attached hydrogens (tertiary/aromatic N) is 3. The zero-order valence-corrected chi connectivity index (χ0v) is 18.2. The molecule has 2 aliphatic rings. The number of benzene rings is 2. The van der Waals surface area contributed by atoms with Crippen LogP contribution < -0.4 is 14.5 Å². The molecular formula is C22H22BrN3O4. The van der Waals surface area contributed by atoms with Crippen LogP contribution in [0.5, 0.6) is 5.75 Å². The van der Waals surface area contributed by atoms with Gasteiger partial charge in [-0.1, -0.05) is 15.9 Å². The minimum Gasteiger partial charge on any atom is -0.482 e. The Kier molecular flexibility index (Phi) is 5.76. The fourth-order valence-corrected chi connectivity index (χ4v) is 4.05. The Bertz CT molecular complexity index is 984. The Morgan fingerprint density at radius 3 is 2.40 bits per heavy atom. The lowest BCUT2D eigenvalue weighted by Gasteiger charge is -2.37. The maximum absolute atomic E-state index is 12.9. The number of carbonyl (C=O) groups is 3. The quantitative estimate of drug-likeness (QED) is 0.641. The van der Waals surface area contributed by atoms with E-state index in [4.69, 9.17) is 4.74 Å². The molecule has 0 atom stereocenters. The van der Waals surface area contributed by atoms with Crippen LogP contribution in [0, 0.1) is 0 Å². The van der Waals surface area contributed by atoms with Crippen LogP contribution in [-0.2, 0) is 9.59 Å². The van der Waals surface area contributed by atoms with Gasteiger partial charge in [-0.05, 0) is 49.4 Å². The first-order valence-electron chi connectivity index (χ1n) is 9.79. The lowest BCUT2D eigenvalue weighted by atomic mass is 10.1. The van der Waals surface area contributed by atoms with Crippen molar-refractivity contribution in [2.24, 2.45) is 0 Å². The van der Waals surface area contributed by atoms with E-state index in [9.17, 15) is 14.4 Å². The largest absolute Gasteiger partial charge is 0.482 e. The van der Waals surface area contributed by atoms with Crippen molar-refractivity contribution in [3.63, 3.8) is 0 Å². The normalized spacial score (nSPS) is 16.2. The molecule has 2 heterocycles. The molecule has 0 bridgehead atoms. The van der Waals surface area contributed by atoms with Crippen LogP contribution in [0.15, 0.2) is 46.9 Å². The smallest absolute Gasteiger partial charge is 0.265 e. The molecule has 0 N–H and O–H groups in total. The van der Waals surface area contributed by atoms with Gasteiger partial charge in [0.05, 0.1) is 5.69 Å². The molecule has 2 aromatic carbocycles. The van der Waals surface area contributed by atoms with Gasteiger partial charge in [0.2, 0.25) is 5.91 Å². The summed E-state index contributed by atoms with van der Waals surface area (Å²) in [5, 5.41) is 0. The molecular weight excluding hydrogens is 450 g/mol. The first kappa shape index (κ1) is 20.4. The van der Waals surface area contributed by atoms with Crippen LogP contribution in [0.4, 0.5) is 11.4 Å². The molecule has 0 unspecified atom stereocenters. The van der Waals surface area contributed by atoms with E-state index in [-0.39, 0.29) is 30.7 Å². The van der Waals surface area contributed by atoms with E-state index in [2.05, 4.69) is 20.8 Å². The van der Waals surface area contributed by atoms with Crippen molar-refractivity contribution in [1.29, 1.82) is 0 Å². The van der Waals surface area contributed by atoms with E-state index in [0.29, 0.717) is 43.2 Å². The first-order chi connectivity index (χ1) is 14.4. The first-order valence-corrected chi connectivity index (χ1v) is 10.6. The molecule has 2 amide bonds. The van der Waals surface area contributed by atoms with E-state index in [1.54, 1.807) is 24.0 Å². The summed E-state index contributed by atoms with van der Waals surface area (Å²) >= 11 is 3.39. The van der Waals surface area contributed by atoms with Crippen molar-refractivity contribution in [3.8, 4) is 5.75 Å². The van der Waals surface area contributed by atoms with E-state index >= 15 is 0 Å². The number of carbonyl (C=O) groups excluding carboxylic acids is 3. The number of fused-ring (bicyclic) bond motifs is 1. The molecule has 0 spiro atoms. The number of halogens is 1. The molecule has 2 aliphatic heterocycles. The maximum Gasteiger partial charge on any atom is 0.265 e. The maximum atomic E-state index is 12.9. The Labute approximate surface area is 183 Å². The Balaban J connectivity index is 1.38. The molecule has 30 heavy (non-hydrogen) atoms. The predicted octanol–water partition coefficient (Wildman–Crippen LogP) is 2.73. The van der Waals surface area contributed by atoms with Gasteiger partial charge in [0, 0.05) is 41.9 Å². The van der Waals surface area contributed by atoms with Crippen molar-refractivity contribution < 1.29 is 19.1 Å². The van der Waals surface area contributed by atoms with Gasteiger partial charge in [-0.3, -0.25) is 19.3 Å². The number of hydrogen-bond donors (Lipinski definition) is 0. The van der Waals surface area contributed by atoms with Gasteiger partial charge in [-0.2, -0.15) is 0 Å². The molecule has 7 nitrogen and oxygen atoms in total. The summed E-state index contributed by atoms with van der Waals surface area (Å²) in [6.45, 7) is 4.05. The molecule has 0 aromatic heterocycles. The average Bonchev–Trinajstić information content (AvgIpc) is 2.76. The third-order valence-corrected chi connectivity index (χ3v) is 5.92. The summed E-state index contributed by atoms with van der Waals surface area (Å²) in [6, 6.07) is 13.0. The second-order valence-corrected chi connectivity index (χ2v) is 8.27. The van der Waals surface area contributed by atoms with Crippen molar-refractivity contribution in [2.75, 3.05) is 49.1 Å². The lowest BCUT2D eigenvalue weighted by Crippen LogP contribution is -2.53. The molecule has 2 aromatic rings. The van der Waals surface area contributed by atoms with Gasteiger partial charge in [-0.25, -0.2) is 0 Å². The van der Waals surface area contributed by atoms with Crippen LogP contribution >= 0.6 is 15.9 Å². The molecule has 156 valence electrons. The molecule has 1 fully saturated rings. The third kappa shape index (κ3) is 4.18. The highest BCUT2D eigenvalue weighted by Gasteiger charge is 2.30. The number of ether oxygens (including phenoxy) is 1. The fourth-order valence-electron chi connectivity index (χ4n) is 3.71. The van der Waals surface area contributed by atoms with E-state index < -0.39 is 0 Å². The summed E-state index contributed by atoms with van der Waals surface area (Å²) in [7, 11) is 0. The van der Waals surface area contributed by atoms with E-state index in [1.807, 2.05) is 30.3 Å². The number of rotatable bonds is 4. The summed E-state index contributed by atoms with van der Waals surface area (Å²) in [4.78, 5) is 42.2. The third-order valence-electron chi connectivity index (χ3n) is 5.43. The van der Waals surface area contributed by atoms with Gasteiger partial charge < -0.3 is 14.5 Å². The Hall–Kier alpha value is -2.87. The van der Waals surface area contributed by atoms with Gasteiger partial charge in [0.1, 0.15) is 12.3 Å². The minimum absolute atomic E-state index is 0.00410. The average molecular weight is 472 g/mol. The van der Waals surface area contributed by atoms with Crippen molar-refractivity contribution in [1.82, 2.24) is 4.90 Å². The van der Waals surface area contributed by atoms with Crippen LogP contribution in [0.1, 0.15) is 17.3 Å². The zero-order valence-electron chi connectivity index (χ0n) is 16.6.